The van der Waals surface area contributed by atoms with Gasteiger partial charge in [0.1, 0.15) is 11.5 Å². The number of amides is 2. The summed E-state index contributed by atoms with van der Waals surface area (Å²) >= 11 is 0. The van der Waals surface area contributed by atoms with Gasteiger partial charge in [0.05, 0.1) is 25.0 Å². The first-order valence-corrected chi connectivity index (χ1v) is 8.77. The Morgan fingerprint density at radius 3 is 2.52 bits per heavy atom. The number of benzene rings is 1. The quantitative estimate of drug-likeness (QED) is 0.860. The van der Waals surface area contributed by atoms with Crippen LogP contribution in [-0.2, 0) is 0 Å². The first-order chi connectivity index (χ1) is 12.7. The van der Waals surface area contributed by atoms with Gasteiger partial charge in [0.2, 0.25) is 5.88 Å². The molecule has 0 radical (unpaired) electrons. The third kappa shape index (κ3) is 3.83. The van der Waals surface area contributed by atoms with Crippen LogP contribution in [0, 0.1) is 12.3 Å². The molecule has 144 valence electrons. The summed E-state index contributed by atoms with van der Waals surface area (Å²) in [7, 11) is 1.61. The van der Waals surface area contributed by atoms with Crippen LogP contribution in [0.15, 0.2) is 36.5 Å². The van der Waals surface area contributed by atoms with Gasteiger partial charge in [-0.1, -0.05) is 26.8 Å². The molecule has 1 unspecified atom stereocenters. The van der Waals surface area contributed by atoms with E-state index in [9.17, 15) is 9.90 Å². The van der Waals surface area contributed by atoms with Crippen LogP contribution in [0.1, 0.15) is 26.3 Å². The molecule has 1 aromatic heterocycles. The maximum Gasteiger partial charge on any atom is 0.324 e. The lowest BCUT2D eigenvalue weighted by atomic mass is 9.86. The molecule has 2 atom stereocenters. The molecular weight excluding hydrogens is 346 g/mol. The molecule has 27 heavy (non-hydrogen) atoms. The molecule has 2 N–H and O–H groups in total. The number of carbonyl (C=O) groups excluding carboxylic acids is 1. The highest BCUT2D eigenvalue weighted by atomic mass is 16.5. The van der Waals surface area contributed by atoms with Gasteiger partial charge in [-0.3, -0.25) is 4.90 Å². The summed E-state index contributed by atoms with van der Waals surface area (Å²) in [4.78, 5) is 17.9. The zero-order valence-electron chi connectivity index (χ0n) is 16.2. The minimum atomic E-state index is -0.965. The molecule has 0 aliphatic carbocycles. The van der Waals surface area contributed by atoms with Crippen LogP contribution in [0.3, 0.4) is 0 Å². The summed E-state index contributed by atoms with van der Waals surface area (Å²) in [6, 6.07) is 8.16. The second-order valence-electron chi connectivity index (χ2n) is 7.66. The number of aromatic nitrogens is 1. The van der Waals surface area contributed by atoms with E-state index in [0.717, 1.165) is 11.3 Å². The first-order valence-electron chi connectivity index (χ1n) is 8.77. The van der Waals surface area contributed by atoms with Crippen LogP contribution >= 0.6 is 0 Å². The average Bonchev–Trinajstić information content (AvgIpc) is 2.92. The maximum atomic E-state index is 12.3. The molecule has 1 saturated heterocycles. The van der Waals surface area contributed by atoms with Crippen LogP contribution in [0.4, 0.5) is 10.5 Å². The summed E-state index contributed by atoms with van der Waals surface area (Å²) in [5.41, 5.74) is 1.24. The first kappa shape index (κ1) is 19.0. The maximum absolute atomic E-state index is 12.3. The number of hydrogen-bond acceptors (Lipinski definition) is 5. The highest BCUT2D eigenvalue weighted by Gasteiger charge is 2.44. The molecule has 0 bridgehead atoms. The van der Waals surface area contributed by atoms with Crippen molar-refractivity contribution < 1.29 is 19.4 Å². The Morgan fingerprint density at radius 2 is 1.96 bits per heavy atom. The van der Waals surface area contributed by atoms with Gasteiger partial charge in [-0.25, -0.2) is 9.78 Å². The van der Waals surface area contributed by atoms with E-state index in [1.165, 1.54) is 11.1 Å². The van der Waals surface area contributed by atoms with Gasteiger partial charge in [-0.15, -0.1) is 0 Å². The van der Waals surface area contributed by atoms with Gasteiger partial charge in [0.15, 0.2) is 6.23 Å². The predicted molar refractivity (Wildman–Crippen MR) is 102 cm³/mol. The Hall–Kier alpha value is -2.80. The number of aliphatic hydroxyl groups is 1. The average molecular weight is 371 g/mol. The summed E-state index contributed by atoms with van der Waals surface area (Å²) in [6.45, 7) is 7.86. The summed E-state index contributed by atoms with van der Waals surface area (Å²) < 4.78 is 11.0. The highest BCUT2D eigenvalue weighted by Crippen LogP contribution is 2.32. The summed E-state index contributed by atoms with van der Waals surface area (Å²) in [5.74, 6) is 1.71. The molecule has 1 aromatic carbocycles. The third-order valence-corrected chi connectivity index (χ3v) is 4.59. The van der Waals surface area contributed by atoms with E-state index in [2.05, 4.69) is 10.3 Å². The Morgan fingerprint density at radius 1 is 1.22 bits per heavy atom. The second kappa shape index (κ2) is 7.08. The van der Waals surface area contributed by atoms with E-state index in [0.29, 0.717) is 17.3 Å². The number of methoxy groups -OCH3 is 1. The second-order valence-corrected chi connectivity index (χ2v) is 7.66. The van der Waals surface area contributed by atoms with Crippen LogP contribution in [0.25, 0.3) is 0 Å². The van der Waals surface area contributed by atoms with Gasteiger partial charge in [0, 0.05) is 12.1 Å². The van der Waals surface area contributed by atoms with Crippen molar-refractivity contribution in [3.63, 3.8) is 0 Å². The van der Waals surface area contributed by atoms with E-state index < -0.39 is 6.23 Å². The number of urea groups is 1. The van der Waals surface area contributed by atoms with E-state index in [-0.39, 0.29) is 17.5 Å². The Kier molecular flexibility index (Phi) is 4.97. The number of carbonyl (C=O) groups is 1. The molecule has 7 nitrogen and oxygen atoms in total. The number of rotatable bonds is 4. The van der Waals surface area contributed by atoms with Gasteiger partial charge >= 0.3 is 6.03 Å². The molecule has 1 aliphatic heterocycles. The number of aryl methyl sites for hydroxylation is 1. The van der Waals surface area contributed by atoms with E-state index >= 15 is 0 Å². The molecule has 2 aromatic rings. The molecule has 0 saturated carbocycles. The van der Waals surface area contributed by atoms with Crippen molar-refractivity contribution in [2.24, 2.45) is 5.41 Å². The van der Waals surface area contributed by atoms with Crippen molar-refractivity contribution in [3.05, 3.63) is 42.1 Å². The molecule has 1 fully saturated rings. The lowest BCUT2D eigenvalue weighted by molar-refractivity contribution is 0.106. The molecule has 7 heteroatoms. The van der Waals surface area contributed by atoms with Crippen molar-refractivity contribution in [1.82, 2.24) is 10.3 Å². The monoisotopic (exact) mass is 371 g/mol. The molecule has 2 heterocycles. The molecule has 1 aliphatic rings. The molecule has 3 rings (SSSR count). The molecule has 0 spiro atoms. The van der Waals surface area contributed by atoms with Crippen molar-refractivity contribution >= 4 is 11.7 Å². The largest absolute Gasteiger partial charge is 0.496 e. The zero-order valence-corrected chi connectivity index (χ0v) is 16.2. The fourth-order valence-corrected chi connectivity index (χ4v) is 3.04. The SMILES string of the molecule is COc1cc(Oc2ccc(N3C(=O)N[C@H](C(C)(C)C)C3O)cn2)ccc1C. The molecular formula is C20H25N3O4. The van der Waals surface area contributed by atoms with Gasteiger partial charge in [-0.2, -0.15) is 0 Å². The van der Waals surface area contributed by atoms with Crippen molar-refractivity contribution in [3.8, 4) is 17.4 Å². The Bertz CT molecular complexity index is 830. The smallest absolute Gasteiger partial charge is 0.324 e. The van der Waals surface area contributed by atoms with Gasteiger partial charge in [-0.05, 0) is 30.0 Å². The fraction of sp³-hybridized carbons (Fsp3) is 0.400. The van der Waals surface area contributed by atoms with Crippen LogP contribution in [0.5, 0.6) is 17.4 Å². The Labute approximate surface area is 158 Å². The molecule has 2 amide bonds. The minimum absolute atomic E-state index is 0.273. The lowest BCUT2D eigenvalue weighted by Crippen LogP contribution is -2.44. The number of aliphatic hydroxyl groups excluding tert-OH is 1. The number of anilines is 1. The number of hydrogen-bond donors (Lipinski definition) is 2. The van der Waals surface area contributed by atoms with Crippen LogP contribution in [0.2, 0.25) is 0 Å². The van der Waals surface area contributed by atoms with E-state index in [4.69, 9.17) is 9.47 Å². The van der Waals surface area contributed by atoms with Crippen molar-refractivity contribution in [2.45, 2.75) is 40.0 Å². The number of ether oxygens (including phenoxy) is 2. The standard InChI is InChI=1S/C20H25N3O4/c1-12-6-8-14(10-15(12)26-5)27-16-9-7-13(11-21-16)23-18(24)17(20(2,3)4)22-19(23)25/h6-11,17-18,24H,1-5H3,(H,22,25)/t17-,18?/m0/s1. The van der Waals surface area contributed by atoms with E-state index in [1.807, 2.05) is 39.8 Å². The predicted octanol–water partition coefficient (Wildman–Crippen LogP) is 3.45. The fourth-order valence-electron chi connectivity index (χ4n) is 3.04. The van der Waals surface area contributed by atoms with E-state index in [1.54, 1.807) is 25.3 Å². The van der Waals surface area contributed by atoms with Crippen molar-refractivity contribution in [2.75, 3.05) is 12.0 Å². The summed E-state index contributed by atoms with van der Waals surface area (Å²) in [5, 5.41) is 13.4. The number of nitrogens with one attached hydrogen (secondary N) is 1. The highest BCUT2D eigenvalue weighted by molar-refractivity contribution is 5.95. The van der Waals surface area contributed by atoms with Gasteiger partial charge in [0.25, 0.3) is 0 Å². The van der Waals surface area contributed by atoms with Crippen LogP contribution < -0.4 is 19.7 Å². The number of nitrogens with zero attached hydrogens (tertiary/aromatic N) is 2. The van der Waals surface area contributed by atoms with Crippen molar-refractivity contribution in [1.29, 1.82) is 0 Å². The van der Waals surface area contributed by atoms with Gasteiger partial charge < -0.3 is 19.9 Å². The zero-order chi connectivity index (χ0) is 19.8. The third-order valence-electron chi connectivity index (χ3n) is 4.59. The number of pyridine rings is 1. The topological polar surface area (TPSA) is 83.9 Å². The normalized spacial score (nSPS) is 19.8. The minimum Gasteiger partial charge on any atom is -0.496 e. The lowest BCUT2D eigenvalue weighted by Gasteiger charge is -2.30. The van der Waals surface area contributed by atoms with Crippen LogP contribution in [-0.4, -0.2) is 35.5 Å². The Balaban J connectivity index is 1.77. The summed E-state index contributed by atoms with van der Waals surface area (Å²) in [6.07, 6.45) is 0.543.